The van der Waals surface area contributed by atoms with Gasteiger partial charge in [0.05, 0.1) is 5.52 Å². The van der Waals surface area contributed by atoms with Gasteiger partial charge < -0.3 is 15.5 Å². The third-order valence-corrected chi connectivity index (χ3v) is 5.62. The SMILES string of the molecule is CN(C(=O)c1ccc(Nc2ccncc2)cc1)c1cccc(Nc2ccnc3ccc(F)cc23)c1. The van der Waals surface area contributed by atoms with Crippen molar-refractivity contribution in [1.82, 2.24) is 9.97 Å². The van der Waals surface area contributed by atoms with Gasteiger partial charge in [0.15, 0.2) is 0 Å². The Morgan fingerprint density at radius 3 is 2.37 bits per heavy atom. The highest BCUT2D eigenvalue weighted by Crippen LogP contribution is 2.28. The normalized spacial score (nSPS) is 10.7. The number of aromatic nitrogens is 2. The molecular formula is C28H22FN5O. The maximum Gasteiger partial charge on any atom is 0.258 e. The van der Waals surface area contributed by atoms with Crippen LogP contribution in [0.1, 0.15) is 10.4 Å². The first-order valence-electron chi connectivity index (χ1n) is 11.0. The molecule has 2 aromatic heterocycles. The second-order valence-corrected chi connectivity index (χ2v) is 8.00. The summed E-state index contributed by atoms with van der Waals surface area (Å²) in [6.07, 6.45) is 5.11. The van der Waals surface area contributed by atoms with Crippen LogP contribution in [0, 0.1) is 5.82 Å². The van der Waals surface area contributed by atoms with Gasteiger partial charge in [-0.2, -0.15) is 0 Å². The van der Waals surface area contributed by atoms with Gasteiger partial charge in [0.2, 0.25) is 0 Å². The van der Waals surface area contributed by atoms with E-state index in [0.717, 1.165) is 28.4 Å². The number of hydrogen-bond donors (Lipinski definition) is 2. The van der Waals surface area contributed by atoms with E-state index in [1.165, 1.54) is 12.1 Å². The maximum atomic E-state index is 13.8. The zero-order chi connectivity index (χ0) is 24.2. The predicted octanol–water partition coefficient (Wildman–Crippen LogP) is 6.53. The van der Waals surface area contributed by atoms with E-state index in [1.54, 1.807) is 54.8 Å². The number of nitrogens with one attached hydrogen (secondary N) is 2. The maximum absolute atomic E-state index is 13.8. The van der Waals surface area contributed by atoms with Gasteiger partial charge in [-0.15, -0.1) is 0 Å². The molecule has 2 heterocycles. The molecule has 3 aromatic carbocycles. The van der Waals surface area contributed by atoms with Gasteiger partial charge >= 0.3 is 0 Å². The molecule has 0 radical (unpaired) electrons. The number of benzene rings is 3. The number of hydrogen-bond acceptors (Lipinski definition) is 5. The summed E-state index contributed by atoms with van der Waals surface area (Å²) in [6.45, 7) is 0. The molecular weight excluding hydrogens is 441 g/mol. The lowest BCUT2D eigenvalue weighted by Gasteiger charge is -2.19. The van der Waals surface area contributed by atoms with Crippen molar-refractivity contribution in [3.05, 3.63) is 115 Å². The summed E-state index contributed by atoms with van der Waals surface area (Å²) in [5.41, 5.74) is 5.30. The van der Waals surface area contributed by atoms with Gasteiger partial charge in [0.25, 0.3) is 5.91 Å². The number of anilines is 5. The minimum Gasteiger partial charge on any atom is -0.355 e. The number of fused-ring (bicyclic) bond motifs is 1. The molecule has 0 aliphatic heterocycles. The molecule has 0 aliphatic rings. The first-order valence-corrected chi connectivity index (χ1v) is 11.0. The molecule has 6 nitrogen and oxygen atoms in total. The molecule has 35 heavy (non-hydrogen) atoms. The van der Waals surface area contributed by atoms with Gasteiger partial charge in [-0.1, -0.05) is 6.07 Å². The summed E-state index contributed by atoms with van der Waals surface area (Å²) >= 11 is 0. The van der Waals surface area contributed by atoms with Crippen molar-refractivity contribution >= 4 is 45.2 Å². The molecule has 0 unspecified atom stereocenters. The molecule has 172 valence electrons. The van der Waals surface area contributed by atoms with E-state index in [0.29, 0.717) is 16.5 Å². The summed E-state index contributed by atoms with van der Waals surface area (Å²) in [5, 5.41) is 7.28. The van der Waals surface area contributed by atoms with E-state index >= 15 is 0 Å². The van der Waals surface area contributed by atoms with Crippen LogP contribution >= 0.6 is 0 Å². The molecule has 1 amide bonds. The molecule has 0 fully saturated rings. The number of pyridine rings is 2. The van der Waals surface area contributed by atoms with Crippen LogP contribution in [0.2, 0.25) is 0 Å². The van der Waals surface area contributed by atoms with Crippen LogP contribution in [0.5, 0.6) is 0 Å². The lowest BCUT2D eigenvalue weighted by molar-refractivity contribution is 0.0993. The van der Waals surface area contributed by atoms with E-state index in [4.69, 9.17) is 0 Å². The lowest BCUT2D eigenvalue weighted by atomic mass is 10.1. The van der Waals surface area contributed by atoms with Gasteiger partial charge in [-0.3, -0.25) is 14.8 Å². The fourth-order valence-corrected chi connectivity index (χ4v) is 3.78. The van der Waals surface area contributed by atoms with Gasteiger partial charge in [-0.25, -0.2) is 4.39 Å². The second kappa shape index (κ2) is 9.61. The standard InChI is InChI=1S/C28H22FN5O/c1-34(28(35)19-5-8-21(9-6-19)32-22-11-14-30-15-12-22)24-4-2-3-23(18-24)33-27-13-16-31-26-10-7-20(29)17-25(26)27/h2-18H,1H3,(H,30,32)(H,31,33). The van der Waals surface area contributed by atoms with Crippen molar-refractivity contribution in [2.45, 2.75) is 0 Å². The van der Waals surface area contributed by atoms with Crippen LogP contribution < -0.4 is 15.5 Å². The highest BCUT2D eigenvalue weighted by Gasteiger charge is 2.14. The summed E-state index contributed by atoms with van der Waals surface area (Å²) in [7, 11) is 1.74. The molecule has 2 N–H and O–H groups in total. The average molecular weight is 464 g/mol. The lowest BCUT2D eigenvalue weighted by Crippen LogP contribution is -2.26. The van der Waals surface area contributed by atoms with E-state index < -0.39 is 0 Å². The summed E-state index contributed by atoms with van der Waals surface area (Å²) < 4.78 is 13.8. The van der Waals surface area contributed by atoms with Crippen LogP contribution in [0.4, 0.5) is 32.8 Å². The fourth-order valence-electron chi connectivity index (χ4n) is 3.78. The van der Waals surface area contributed by atoms with Crippen molar-refractivity contribution in [3.63, 3.8) is 0 Å². The number of carbonyl (C=O) groups excluding carboxylic acids is 1. The van der Waals surface area contributed by atoms with Crippen molar-refractivity contribution < 1.29 is 9.18 Å². The van der Waals surface area contributed by atoms with Crippen LogP contribution in [-0.4, -0.2) is 22.9 Å². The van der Waals surface area contributed by atoms with Crippen molar-refractivity contribution in [2.24, 2.45) is 0 Å². The number of halogens is 1. The van der Waals surface area contributed by atoms with Crippen molar-refractivity contribution in [3.8, 4) is 0 Å². The van der Waals surface area contributed by atoms with Crippen LogP contribution in [0.25, 0.3) is 10.9 Å². The number of nitrogens with zero attached hydrogens (tertiary/aromatic N) is 3. The van der Waals surface area contributed by atoms with Crippen LogP contribution in [0.3, 0.4) is 0 Å². The smallest absolute Gasteiger partial charge is 0.258 e. The van der Waals surface area contributed by atoms with Crippen LogP contribution in [-0.2, 0) is 0 Å². The van der Waals surface area contributed by atoms with Crippen molar-refractivity contribution in [2.75, 3.05) is 22.6 Å². The molecule has 5 rings (SSSR count). The van der Waals surface area contributed by atoms with E-state index in [2.05, 4.69) is 20.6 Å². The topological polar surface area (TPSA) is 70.2 Å². The van der Waals surface area contributed by atoms with Gasteiger partial charge in [0, 0.05) is 65.0 Å². The molecule has 7 heteroatoms. The van der Waals surface area contributed by atoms with E-state index in [9.17, 15) is 9.18 Å². The molecule has 0 aliphatic carbocycles. The Balaban J connectivity index is 1.33. The molecule has 0 saturated carbocycles. The molecule has 0 spiro atoms. The molecule has 0 saturated heterocycles. The summed E-state index contributed by atoms with van der Waals surface area (Å²) in [5.74, 6) is -0.455. The Bertz CT molecular complexity index is 1490. The Kier molecular flexibility index (Phi) is 6.05. The van der Waals surface area contributed by atoms with E-state index in [-0.39, 0.29) is 11.7 Å². The Morgan fingerprint density at radius 2 is 1.57 bits per heavy atom. The third kappa shape index (κ3) is 4.94. The van der Waals surface area contributed by atoms with Crippen LogP contribution in [0.15, 0.2) is 104 Å². The van der Waals surface area contributed by atoms with Gasteiger partial charge in [-0.05, 0) is 78.9 Å². The minimum atomic E-state index is -0.324. The number of amides is 1. The summed E-state index contributed by atoms with van der Waals surface area (Å²) in [4.78, 5) is 23.0. The van der Waals surface area contributed by atoms with Crippen molar-refractivity contribution in [1.29, 1.82) is 0 Å². The van der Waals surface area contributed by atoms with Gasteiger partial charge in [0.1, 0.15) is 5.82 Å². The van der Waals surface area contributed by atoms with E-state index in [1.807, 2.05) is 48.5 Å². The monoisotopic (exact) mass is 463 g/mol. The number of rotatable bonds is 6. The fraction of sp³-hybridized carbons (Fsp3) is 0.0357. The zero-order valence-corrected chi connectivity index (χ0v) is 18.9. The number of carbonyl (C=O) groups is 1. The Hall–Kier alpha value is -4.78. The molecule has 0 bridgehead atoms. The third-order valence-electron chi connectivity index (χ3n) is 5.62. The summed E-state index contributed by atoms with van der Waals surface area (Å²) in [6, 6.07) is 24.9. The Labute approximate surface area is 202 Å². The first kappa shape index (κ1) is 22.0. The zero-order valence-electron chi connectivity index (χ0n) is 18.9. The minimum absolute atomic E-state index is 0.131. The quantitative estimate of drug-likeness (QED) is 0.299. The largest absolute Gasteiger partial charge is 0.355 e. The predicted molar refractivity (Wildman–Crippen MR) is 138 cm³/mol. The Morgan fingerprint density at radius 1 is 0.800 bits per heavy atom. The highest BCUT2D eigenvalue weighted by atomic mass is 19.1. The second-order valence-electron chi connectivity index (χ2n) is 8.00. The highest BCUT2D eigenvalue weighted by molar-refractivity contribution is 6.06. The molecule has 0 atom stereocenters. The molecule has 5 aromatic rings. The average Bonchev–Trinajstić information content (AvgIpc) is 2.89. The first-order chi connectivity index (χ1) is 17.1.